The van der Waals surface area contributed by atoms with Crippen LogP contribution in [0.2, 0.25) is 5.02 Å². The molecule has 0 aliphatic carbocycles. The first-order chi connectivity index (χ1) is 16.5. The van der Waals surface area contributed by atoms with Gasteiger partial charge in [0.2, 0.25) is 0 Å². The van der Waals surface area contributed by atoms with Crippen molar-refractivity contribution in [1.82, 2.24) is 9.88 Å². The largest absolute Gasteiger partial charge is 0.384 e. The van der Waals surface area contributed by atoms with Gasteiger partial charge in [-0.05, 0) is 55.2 Å². The van der Waals surface area contributed by atoms with Crippen LogP contribution in [-0.4, -0.2) is 49.4 Å². The van der Waals surface area contributed by atoms with Crippen molar-refractivity contribution in [3.63, 3.8) is 0 Å². The van der Waals surface area contributed by atoms with Gasteiger partial charge < -0.3 is 20.0 Å². The van der Waals surface area contributed by atoms with E-state index in [9.17, 15) is 4.79 Å². The Kier molecular flexibility index (Phi) is 7.20. The second kappa shape index (κ2) is 10.3. The Balaban J connectivity index is 0.00000133. The van der Waals surface area contributed by atoms with Crippen molar-refractivity contribution >= 4 is 40.7 Å². The van der Waals surface area contributed by atoms with Gasteiger partial charge in [0.15, 0.2) is 0 Å². The van der Waals surface area contributed by atoms with Crippen LogP contribution < -0.4 is 15.8 Å². The van der Waals surface area contributed by atoms with E-state index in [1.54, 1.807) is 6.07 Å². The van der Waals surface area contributed by atoms with Crippen LogP contribution in [-0.2, 0) is 17.8 Å². The van der Waals surface area contributed by atoms with Crippen LogP contribution in [0.25, 0.3) is 10.9 Å². The smallest absolute Gasteiger partial charge is 0.253 e. The van der Waals surface area contributed by atoms with Gasteiger partial charge in [0.1, 0.15) is 6.79 Å². The highest BCUT2D eigenvalue weighted by atomic mass is 35.5. The highest BCUT2D eigenvalue weighted by Gasteiger charge is 2.21. The molecule has 0 bridgehead atoms. The number of pyridine rings is 1. The Hall–Kier alpha value is -3.34. The fourth-order valence-electron chi connectivity index (χ4n) is 5.00. The summed E-state index contributed by atoms with van der Waals surface area (Å²) < 4.78 is 0. The molecule has 2 aromatic carbocycles. The van der Waals surface area contributed by atoms with Gasteiger partial charge in [-0.15, -0.1) is 0 Å². The van der Waals surface area contributed by atoms with Crippen molar-refractivity contribution in [3.8, 4) is 6.07 Å². The molecule has 176 valence electrons. The minimum Gasteiger partial charge on any atom is -0.384 e. The average molecular weight is 478 g/mol. The third-order valence-electron chi connectivity index (χ3n) is 6.57. The van der Waals surface area contributed by atoms with E-state index in [1.807, 2.05) is 18.9 Å². The molecule has 3 heterocycles. The molecule has 0 spiro atoms. The quantitative estimate of drug-likeness (QED) is 0.595. The molecule has 0 saturated carbocycles. The summed E-state index contributed by atoms with van der Waals surface area (Å²) in [4.78, 5) is 28.4. The minimum absolute atomic E-state index is 0.0316. The van der Waals surface area contributed by atoms with Crippen molar-refractivity contribution in [2.24, 2.45) is 0 Å². The molecule has 0 radical (unpaired) electrons. The summed E-state index contributed by atoms with van der Waals surface area (Å²) in [5, 5.41) is 14.3. The van der Waals surface area contributed by atoms with Crippen molar-refractivity contribution in [2.75, 3.05) is 42.9 Å². The molecule has 2 aliphatic heterocycles. The zero-order valence-electron chi connectivity index (χ0n) is 19.3. The first kappa shape index (κ1) is 23.8. The number of aryl methyl sites for hydroxylation is 1. The Morgan fingerprint density at radius 3 is 2.62 bits per heavy atom. The van der Waals surface area contributed by atoms with Crippen molar-refractivity contribution in [1.29, 1.82) is 5.26 Å². The molecule has 5 rings (SSSR count). The number of nitrogens with zero attached hydrogens (tertiary/aromatic N) is 3. The van der Waals surface area contributed by atoms with E-state index in [0.717, 1.165) is 80.0 Å². The zero-order chi connectivity index (χ0) is 24.2. The van der Waals surface area contributed by atoms with E-state index >= 15 is 0 Å². The highest BCUT2D eigenvalue weighted by Crippen LogP contribution is 2.32. The van der Waals surface area contributed by atoms with Gasteiger partial charge >= 0.3 is 0 Å². The first-order valence-electron chi connectivity index (χ1n) is 11.4. The van der Waals surface area contributed by atoms with E-state index in [0.29, 0.717) is 10.6 Å². The summed E-state index contributed by atoms with van der Waals surface area (Å²) in [6.45, 7) is 9.51. The fraction of sp³-hybridized carbons (Fsp3) is 0.346. The van der Waals surface area contributed by atoms with E-state index in [2.05, 4.69) is 45.2 Å². The average Bonchev–Trinajstić information content (AvgIpc) is 2.85. The number of aromatic amines is 1. The topological polar surface area (TPSA) is 92.2 Å². The number of carbonyl (C=O) groups excluding carboxylic acids is 1. The molecule has 0 atom stereocenters. The third kappa shape index (κ3) is 4.65. The Morgan fingerprint density at radius 1 is 1.15 bits per heavy atom. The van der Waals surface area contributed by atoms with E-state index in [-0.39, 0.29) is 5.56 Å². The number of nitriles is 1. The van der Waals surface area contributed by atoms with Crippen LogP contribution in [0.1, 0.15) is 28.7 Å². The number of hydrogen-bond donors (Lipinski definition) is 2. The lowest BCUT2D eigenvalue weighted by Gasteiger charge is -2.36. The van der Waals surface area contributed by atoms with Crippen LogP contribution >= 0.6 is 11.6 Å². The Bertz CT molecular complexity index is 1310. The zero-order valence-corrected chi connectivity index (χ0v) is 20.0. The van der Waals surface area contributed by atoms with Crippen molar-refractivity contribution in [3.05, 3.63) is 68.0 Å². The lowest BCUT2D eigenvalue weighted by atomic mass is 9.97. The summed E-state index contributed by atoms with van der Waals surface area (Å²) >= 11 is 6.40. The van der Waals surface area contributed by atoms with Crippen LogP contribution in [0.3, 0.4) is 0 Å². The van der Waals surface area contributed by atoms with Gasteiger partial charge in [-0.2, -0.15) is 5.26 Å². The van der Waals surface area contributed by atoms with Gasteiger partial charge in [-0.1, -0.05) is 17.7 Å². The predicted molar refractivity (Wildman–Crippen MR) is 137 cm³/mol. The van der Waals surface area contributed by atoms with Crippen LogP contribution in [0.4, 0.5) is 11.4 Å². The number of halogens is 1. The normalized spacial score (nSPS) is 15.6. The molecule has 0 amide bonds. The van der Waals surface area contributed by atoms with Crippen LogP contribution in [0.15, 0.2) is 35.1 Å². The molecule has 2 aliphatic rings. The minimum atomic E-state index is 0.0316. The molecule has 1 aromatic heterocycles. The fourth-order valence-corrected chi connectivity index (χ4v) is 5.30. The third-order valence-corrected chi connectivity index (χ3v) is 6.87. The lowest BCUT2D eigenvalue weighted by molar-refractivity contribution is -0.0979. The Morgan fingerprint density at radius 2 is 1.91 bits per heavy atom. The van der Waals surface area contributed by atoms with Crippen molar-refractivity contribution < 1.29 is 4.79 Å². The van der Waals surface area contributed by atoms with Crippen LogP contribution in [0.5, 0.6) is 0 Å². The number of piperazine rings is 1. The highest BCUT2D eigenvalue weighted by molar-refractivity contribution is 6.33. The van der Waals surface area contributed by atoms with Gasteiger partial charge in [0.25, 0.3) is 5.56 Å². The van der Waals surface area contributed by atoms with Gasteiger partial charge in [-0.25, -0.2) is 0 Å². The summed E-state index contributed by atoms with van der Waals surface area (Å²) in [6.07, 6.45) is 1.83. The number of aromatic nitrogens is 1. The van der Waals surface area contributed by atoms with E-state index in [1.165, 1.54) is 11.1 Å². The van der Waals surface area contributed by atoms with Crippen molar-refractivity contribution in [2.45, 2.75) is 26.3 Å². The standard InChI is InChI=1S/C25H26ClN5O.CH2O/c1-16-11-18(13-21-23(16)24-19(25(32)29-21)3-2-6-28-24)15-30-7-9-31(10-8-30)22-5-4-17(14-27)12-20(22)26;1-2/h4-5,11-13,28H,2-3,6-10,15H2,1H3,(H,29,32);1H2. The molecule has 34 heavy (non-hydrogen) atoms. The number of nitrogens with one attached hydrogen (secondary N) is 2. The number of hydrogen-bond acceptors (Lipinski definition) is 6. The molecule has 1 fully saturated rings. The molecular formula is C26H28ClN5O2. The van der Waals surface area contributed by atoms with Gasteiger partial charge in [-0.3, -0.25) is 9.69 Å². The van der Waals surface area contributed by atoms with E-state index < -0.39 is 0 Å². The number of benzene rings is 2. The lowest BCUT2D eigenvalue weighted by Crippen LogP contribution is -2.46. The van der Waals surface area contributed by atoms with Gasteiger partial charge in [0, 0.05) is 50.2 Å². The summed E-state index contributed by atoms with van der Waals surface area (Å²) in [7, 11) is 0. The summed E-state index contributed by atoms with van der Waals surface area (Å²) in [5.41, 5.74) is 6.84. The number of anilines is 2. The van der Waals surface area contributed by atoms with E-state index in [4.69, 9.17) is 21.7 Å². The monoisotopic (exact) mass is 477 g/mol. The number of carbonyl (C=O) groups is 1. The second-order valence-electron chi connectivity index (χ2n) is 8.71. The van der Waals surface area contributed by atoms with Crippen LogP contribution in [0, 0.1) is 18.3 Å². The number of rotatable bonds is 3. The number of H-pyrrole nitrogens is 1. The first-order valence-corrected chi connectivity index (χ1v) is 11.8. The maximum absolute atomic E-state index is 12.6. The molecule has 1 saturated heterocycles. The SMILES string of the molecule is C=O.Cc1cc(CN2CCN(c3ccc(C#N)cc3Cl)CC2)cc2[nH]c(=O)c3c(c12)NCCC3. The Labute approximate surface area is 203 Å². The second-order valence-corrected chi connectivity index (χ2v) is 9.12. The molecule has 2 N–H and O–H groups in total. The molecule has 8 heteroatoms. The molecule has 7 nitrogen and oxygen atoms in total. The van der Waals surface area contributed by atoms with Gasteiger partial charge in [0.05, 0.1) is 33.5 Å². The maximum atomic E-state index is 12.6. The summed E-state index contributed by atoms with van der Waals surface area (Å²) in [6, 6.07) is 12.0. The summed E-state index contributed by atoms with van der Waals surface area (Å²) in [5.74, 6) is 0. The molecule has 0 unspecified atom stereocenters. The maximum Gasteiger partial charge on any atom is 0.253 e. The molecule has 3 aromatic rings. The predicted octanol–water partition coefficient (Wildman–Crippen LogP) is 3.86. The number of fused-ring (bicyclic) bond motifs is 3. The molecular weight excluding hydrogens is 450 g/mol.